The third-order valence-electron chi connectivity index (χ3n) is 4.24. The second-order valence-corrected chi connectivity index (χ2v) is 8.33. The summed E-state index contributed by atoms with van der Waals surface area (Å²) in [6.07, 6.45) is 0.464. The van der Waals surface area contributed by atoms with Crippen molar-refractivity contribution in [1.29, 1.82) is 0 Å². The summed E-state index contributed by atoms with van der Waals surface area (Å²) in [6, 6.07) is 23.7. The van der Waals surface area contributed by atoms with Crippen LogP contribution in [-0.4, -0.2) is 20.0 Å². The molecule has 3 rings (SSSR count). The van der Waals surface area contributed by atoms with E-state index in [0.717, 1.165) is 16.9 Å². The minimum atomic E-state index is -3.42. The molecule has 3 aromatic carbocycles. The smallest absolute Gasteiger partial charge is 0.233 e. The van der Waals surface area contributed by atoms with E-state index in [1.54, 1.807) is 36.4 Å². The number of hydrogen-bond acceptors (Lipinski definition) is 4. The van der Waals surface area contributed by atoms with Crippen molar-refractivity contribution in [2.24, 2.45) is 0 Å². The van der Waals surface area contributed by atoms with Crippen LogP contribution in [0.15, 0.2) is 78.9 Å². The monoisotopic (exact) mass is 394 g/mol. The number of ketones is 1. The maximum Gasteiger partial charge on any atom is 0.233 e. The van der Waals surface area contributed by atoms with Crippen LogP contribution in [0.3, 0.4) is 0 Å². The Morgan fingerprint density at radius 2 is 1.32 bits per heavy atom. The Balaban J connectivity index is 1.58. The number of benzene rings is 3. The van der Waals surface area contributed by atoms with E-state index < -0.39 is 10.0 Å². The molecular formula is C22H22N2O3S. The predicted octanol–water partition coefficient (Wildman–Crippen LogP) is 4.62. The van der Waals surface area contributed by atoms with E-state index in [1.807, 2.05) is 42.5 Å². The Morgan fingerprint density at radius 1 is 0.786 bits per heavy atom. The van der Waals surface area contributed by atoms with Crippen LogP contribution in [-0.2, 0) is 16.4 Å². The van der Waals surface area contributed by atoms with E-state index >= 15 is 0 Å². The van der Waals surface area contributed by atoms with E-state index in [4.69, 9.17) is 0 Å². The number of anilines is 3. The van der Waals surface area contributed by atoms with Gasteiger partial charge in [-0.25, -0.2) is 8.42 Å². The van der Waals surface area contributed by atoms with Gasteiger partial charge in [0.2, 0.25) is 10.0 Å². The van der Waals surface area contributed by atoms with Gasteiger partial charge in [-0.3, -0.25) is 9.52 Å². The number of carbonyl (C=O) groups is 1. The largest absolute Gasteiger partial charge is 0.356 e. The number of nitrogens with one attached hydrogen (secondary N) is 2. The average Bonchev–Trinajstić information content (AvgIpc) is 2.69. The van der Waals surface area contributed by atoms with Crippen LogP contribution in [0.2, 0.25) is 0 Å². The van der Waals surface area contributed by atoms with Gasteiger partial charge in [0.15, 0.2) is 5.78 Å². The van der Waals surface area contributed by atoms with Crippen molar-refractivity contribution in [3.05, 3.63) is 90.0 Å². The lowest BCUT2D eigenvalue weighted by atomic mass is 10.1. The molecule has 0 aromatic heterocycles. The first-order valence-corrected chi connectivity index (χ1v) is 10.6. The van der Waals surface area contributed by atoms with Gasteiger partial charge in [-0.1, -0.05) is 30.3 Å². The molecule has 0 heterocycles. The summed E-state index contributed by atoms with van der Waals surface area (Å²) in [7, 11) is -3.42. The fraction of sp³-hybridized carbons (Fsp3) is 0.136. The Labute approximate surface area is 165 Å². The van der Waals surface area contributed by atoms with Gasteiger partial charge in [0.05, 0.1) is 5.75 Å². The molecule has 0 unspecified atom stereocenters. The third-order valence-corrected chi connectivity index (χ3v) is 5.53. The summed E-state index contributed by atoms with van der Waals surface area (Å²) in [5.74, 6) is 0.0509. The number of sulfonamides is 1. The molecule has 0 spiro atoms. The molecular weight excluding hydrogens is 372 g/mol. The van der Waals surface area contributed by atoms with E-state index in [0.29, 0.717) is 17.7 Å². The fourth-order valence-corrected chi connectivity index (χ4v) is 3.81. The average molecular weight is 394 g/mol. The molecule has 28 heavy (non-hydrogen) atoms. The van der Waals surface area contributed by atoms with Crippen LogP contribution in [0.5, 0.6) is 0 Å². The van der Waals surface area contributed by atoms with Crippen molar-refractivity contribution in [1.82, 2.24) is 0 Å². The highest BCUT2D eigenvalue weighted by Gasteiger charge is 2.10. The fourth-order valence-electron chi connectivity index (χ4n) is 2.70. The number of carbonyl (C=O) groups excluding carboxylic acids is 1. The third kappa shape index (κ3) is 5.69. The molecule has 6 heteroatoms. The van der Waals surface area contributed by atoms with Crippen molar-refractivity contribution in [3.63, 3.8) is 0 Å². The Kier molecular flexibility index (Phi) is 6.11. The molecule has 0 aliphatic rings. The van der Waals surface area contributed by atoms with Crippen LogP contribution in [0.1, 0.15) is 22.8 Å². The standard InChI is InChI=1S/C22H22N2O3S/c1-17(25)19-7-9-20(10-8-19)23-21-11-13-22(14-12-21)24-28(26,27)16-15-18-5-3-2-4-6-18/h2-14,23-24H,15-16H2,1H3. The molecule has 3 aromatic rings. The minimum absolute atomic E-state index is 0.0236. The topological polar surface area (TPSA) is 75.3 Å². The quantitative estimate of drug-likeness (QED) is 0.547. The first-order valence-electron chi connectivity index (χ1n) is 8.94. The highest BCUT2D eigenvalue weighted by Crippen LogP contribution is 2.20. The summed E-state index contributed by atoms with van der Waals surface area (Å²) in [5.41, 5.74) is 3.84. The molecule has 0 fully saturated rings. The number of hydrogen-bond donors (Lipinski definition) is 2. The molecule has 5 nitrogen and oxygen atoms in total. The molecule has 0 bridgehead atoms. The van der Waals surface area contributed by atoms with Gasteiger partial charge in [-0.15, -0.1) is 0 Å². The lowest BCUT2D eigenvalue weighted by Gasteiger charge is -2.10. The van der Waals surface area contributed by atoms with Crippen molar-refractivity contribution >= 4 is 32.9 Å². The van der Waals surface area contributed by atoms with E-state index in [-0.39, 0.29) is 11.5 Å². The molecule has 2 N–H and O–H groups in total. The molecule has 0 saturated carbocycles. The zero-order valence-electron chi connectivity index (χ0n) is 15.6. The SMILES string of the molecule is CC(=O)c1ccc(Nc2ccc(NS(=O)(=O)CCc3ccccc3)cc2)cc1. The number of Topliss-reactive ketones (excluding diaryl/α,β-unsaturated/α-hetero) is 1. The summed E-state index contributed by atoms with van der Waals surface area (Å²) in [4.78, 5) is 11.3. The highest BCUT2D eigenvalue weighted by molar-refractivity contribution is 7.92. The van der Waals surface area contributed by atoms with Gasteiger partial charge in [-0.2, -0.15) is 0 Å². The molecule has 0 saturated heterocycles. The van der Waals surface area contributed by atoms with Crippen molar-refractivity contribution < 1.29 is 13.2 Å². The molecule has 0 aliphatic carbocycles. The molecule has 0 aliphatic heterocycles. The Morgan fingerprint density at radius 3 is 1.89 bits per heavy atom. The summed E-state index contributed by atoms with van der Waals surface area (Å²) in [5, 5.41) is 3.22. The van der Waals surface area contributed by atoms with Gasteiger partial charge in [0.1, 0.15) is 0 Å². The van der Waals surface area contributed by atoms with Gasteiger partial charge >= 0.3 is 0 Å². The van der Waals surface area contributed by atoms with Crippen LogP contribution >= 0.6 is 0 Å². The van der Waals surface area contributed by atoms with Gasteiger partial charge in [-0.05, 0) is 67.4 Å². The first kappa shape index (κ1) is 19.6. The molecule has 0 amide bonds. The van der Waals surface area contributed by atoms with Crippen LogP contribution in [0, 0.1) is 0 Å². The predicted molar refractivity (Wildman–Crippen MR) is 114 cm³/mol. The van der Waals surface area contributed by atoms with Crippen LogP contribution < -0.4 is 10.0 Å². The van der Waals surface area contributed by atoms with Gasteiger partial charge in [0, 0.05) is 22.6 Å². The Hall–Kier alpha value is -3.12. The maximum atomic E-state index is 12.3. The van der Waals surface area contributed by atoms with E-state index in [9.17, 15) is 13.2 Å². The number of aryl methyl sites for hydroxylation is 1. The maximum absolute atomic E-state index is 12.3. The van der Waals surface area contributed by atoms with Gasteiger partial charge in [0.25, 0.3) is 0 Å². The first-order chi connectivity index (χ1) is 13.4. The Bertz CT molecular complexity index is 1030. The molecule has 144 valence electrons. The normalized spacial score (nSPS) is 11.0. The summed E-state index contributed by atoms with van der Waals surface area (Å²) < 4.78 is 27.2. The molecule has 0 atom stereocenters. The van der Waals surface area contributed by atoms with Crippen LogP contribution in [0.25, 0.3) is 0 Å². The lowest BCUT2D eigenvalue weighted by Crippen LogP contribution is -2.18. The van der Waals surface area contributed by atoms with Gasteiger partial charge < -0.3 is 5.32 Å². The summed E-state index contributed by atoms with van der Waals surface area (Å²) >= 11 is 0. The van der Waals surface area contributed by atoms with Crippen molar-refractivity contribution in [2.75, 3.05) is 15.8 Å². The lowest BCUT2D eigenvalue weighted by molar-refractivity contribution is 0.101. The molecule has 0 radical (unpaired) electrons. The van der Waals surface area contributed by atoms with Crippen molar-refractivity contribution in [2.45, 2.75) is 13.3 Å². The summed E-state index contributed by atoms with van der Waals surface area (Å²) in [6.45, 7) is 1.53. The second kappa shape index (κ2) is 8.71. The van der Waals surface area contributed by atoms with E-state index in [1.165, 1.54) is 6.92 Å². The second-order valence-electron chi connectivity index (χ2n) is 6.49. The van der Waals surface area contributed by atoms with Crippen molar-refractivity contribution in [3.8, 4) is 0 Å². The highest BCUT2D eigenvalue weighted by atomic mass is 32.2. The van der Waals surface area contributed by atoms with Crippen LogP contribution in [0.4, 0.5) is 17.1 Å². The zero-order valence-corrected chi connectivity index (χ0v) is 16.4. The minimum Gasteiger partial charge on any atom is -0.356 e. The number of rotatable bonds is 8. The zero-order chi connectivity index (χ0) is 20.0. The van der Waals surface area contributed by atoms with E-state index in [2.05, 4.69) is 10.0 Å².